The summed E-state index contributed by atoms with van der Waals surface area (Å²) in [5, 5.41) is 5.01. The van der Waals surface area contributed by atoms with Crippen LogP contribution in [0.15, 0.2) is 85.1 Å². The lowest BCUT2D eigenvalue weighted by atomic mass is 9.98. The molecule has 4 aromatic carbocycles. The summed E-state index contributed by atoms with van der Waals surface area (Å²) in [7, 11) is 0. The number of hydrogen-bond donors (Lipinski definition) is 1. The topological polar surface area (TPSA) is 28.7 Å². The van der Waals surface area contributed by atoms with E-state index in [-0.39, 0.29) is 0 Å². The van der Waals surface area contributed by atoms with Gasteiger partial charge < -0.3 is 4.98 Å². The van der Waals surface area contributed by atoms with E-state index < -0.39 is 0 Å². The average Bonchev–Trinajstić information content (AvgIpc) is 3.18. The summed E-state index contributed by atoms with van der Waals surface area (Å²) in [5.41, 5.74) is 4.58. The molecule has 1 heterocycles. The van der Waals surface area contributed by atoms with Crippen LogP contribution < -0.4 is 0 Å². The lowest BCUT2D eigenvalue weighted by molar-refractivity contribution is 1.32. The van der Waals surface area contributed by atoms with Gasteiger partial charge in [0.25, 0.3) is 0 Å². The summed E-state index contributed by atoms with van der Waals surface area (Å²) in [6, 6.07) is 27.8. The highest BCUT2D eigenvalue weighted by Crippen LogP contribution is 2.32. The number of nitrogens with zero attached hydrogens (tertiary/aromatic N) is 1. The fraction of sp³-hybridized carbons (Fsp3) is 0.0417. The average molecular weight is 334 g/mol. The number of aryl methyl sites for hydroxylation is 1. The number of fused-ring (bicyclic) bond motifs is 3. The Kier molecular flexibility index (Phi) is 3.36. The molecule has 5 aromatic rings. The van der Waals surface area contributed by atoms with Crippen molar-refractivity contribution < 1.29 is 0 Å². The Balaban J connectivity index is 1.68. The second-order valence-corrected chi connectivity index (χ2v) is 6.70. The predicted molar refractivity (Wildman–Crippen MR) is 109 cm³/mol. The summed E-state index contributed by atoms with van der Waals surface area (Å²) in [6.45, 7) is 2.10. The molecule has 0 saturated carbocycles. The first-order valence-electron chi connectivity index (χ1n) is 8.82. The number of aromatic nitrogens is 2. The Bertz CT molecular complexity index is 1230. The van der Waals surface area contributed by atoms with E-state index in [2.05, 4.69) is 95.8 Å². The molecule has 124 valence electrons. The maximum absolute atomic E-state index is 4.66. The Morgan fingerprint density at radius 2 is 1.50 bits per heavy atom. The molecule has 0 saturated heterocycles. The minimum atomic E-state index is 0.904. The van der Waals surface area contributed by atoms with Crippen molar-refractivity contribution >= 4 is 21.5 Å². The van der Waals surface area contributed by atoms with Crippen LogP contribution in [0.5, 0.6) is 0 Å². The molecular weight excluding hydrogens is 316 g/mol. The van der Waals surface area contributed by atoms with Crippen LogP contribution in [0.1, 0.15) is 5.56 Å². The lowest BCUT2D eigenvalue weighted by Gasteiger charge is -2.07. The normalized spacial score (nSPS) is 11.3. The molecule has 1 N–H and O–H groups in total. The van der Waals surface area contributed by atoms with Gasteiger partial charge in [-0.15, -0.1) is 0 Å². The smallest absolute Gasteiger partial charge is 0.138 e. The second-order valence-electron chi connectivity index (χ2n) is 6.70. The van der Waals surface area contributed by atoms with Gasteiger partial charge in [-0.1, -0.05) is 84.4 Å². The molecule has 0 aliphatic carbocycles. The van der Waals surface area contributed by atoms with E-state index in [0.29, 0.717) is 0 Å². The molecule has 0 aliphatic rings. The summed E-state index contributed by atoms with van der Waals surface area (Å²) >= 11 is 0. The zero-order valence-corrected chi connectivity index (χ0v) is 14.5. The standard InChI is InChI=1S/C24H18N2/c1-16-9-11-18(12-10-16)23-15-25-24(26-23)22-8-4-7-20-19-6-3-2-5-17(19)13-14-21(20)22/h2-15H,1H3,(H,25,26). The zero-order chi connectivity index (χ0) is 17.5. The number of hydrogen-bond acceptors (Lipinski definition) is 1. The van der Waals surface area contributed by atoms with Gasteiger partial charge >= 0.3 is 0 Å². The van der Waals surface area contributed by atoms with Crippen LogP contribution in [0.25, 0.3) is 44.2 Å². The maximum atomic E-state index is 4.66. The molecule has 2 nitrogen and oxygen atoms in total. The Labute approximate surface area is 152 Å². The molecule has 0 radical (unpaired) electrons. The molecule has 5 rings (SSSR count). The van der Waals surface area contributed by atoms with Crippen LogP contribution in [-0.2, 0) is 0 Å². The van der Waals surface area contributed by atoms with E-state index in [9.17, 15) is 0 Å². The minimum Gasteiger partial charge on any atom is -0.338 e. The van der Waals surface area contributed by atoms with Gasteiger partial charge in [-0.2, -0.15) is 0 Å². The first-order valence-corrected chi connectivity index (χ1v) is 8.82. The number of H-pyrrole nitrogens is 1. The lowest BCUT2D eigenvalue weighted by Crippen LogP contribution is -1.85. The number of benzene rings is 4. The van der Waals surface area contributed by atoms with Crippen LogP contribution in [0.3, 0.4) is 0 Å². The predicted octanol–water partition coefficient (Wildman–Crippen LogP) is 6.36. The summed E-state index contributed by atoms with van der Waals surface area (Å²) in [5.74, 6) is 0.904. The third-order valence-corrected chi connectivity index (χ3v) is 4.98. The third kappa shape index (κ3) is 2.39. The molecule has 0 unspecified atom stereocenters. The van der Waals surface area contributed by atoms with Crippen molar-refractivity contribution in [2.75, 3.05) is 0 Å². The van der Waals surface area contributed by atoms with Crippen molar-refractivity contribution in [3.63, 3.8) is 0 Å². The van der Waals surface area contributed by atoms with Gasteiger partial charge in [-0.25, -0.2) is 4.98 Å². The SMILES string of the molecule is Cc1ccc(-c2cnc(-c3cccc4c3ccc3ccccc34)[nH]2)cc1. The Hall–Kier alpha value is -3.39. The van der Waals surface area contributed by atoms with Crippen molar-refractivity contribution in [3.05, 3.63) is 90.6 Å². The first-order chi connectivity index (χ1) is 12.8. The quantitative estimate of drug-likeness (QED) is 0.374. The molecule has 1 aromatic heterocycles. The van der Waals surface area contributed by atoms with E-state index >= 15 is 0 Å². The highest BCUT2D eigenvalue weighted by Gasteiger charge is 2.10. The second kappa shape index (κ2) is 5.85. The Morgan fingerprint density at radius 1 is 0.692 bits per heavy atom. The molecule has 0 bridgehead atoms. The number of nitrogens with one attached hydrogen (secondary N) is 1. The maximum Gasteiger partial charge on any atom is 0.138 e. The number of aromatic amines is 1. The molecule has 0 atom stereocenters. The van der Waals surface area contributed by atoms with Crippen LogP contribution in [0.2, 0.25) is 0 Å². The van der Waals surface area contributed by atoms with Crippen molar-refractivity contribution in [2.24, 2.45) is 0 Å². The van der Waals surface area contributed by atoms with Gasteiger partial charge in [0, 0.05) is 5.56 Å². The van der Waals surface area contributed by atoms with Crippen molar-refractivity contribution in [2.45, 2.75) is 6.92 Å². The van der Waals surface area contributed by atoms with Crippen molar-refractivity contribution in [1.29, 1.82) is 0 Å². The van der Waals surface area contributed by atoms with Crippen LogP contribution in [0.4, 0.5) is 0 Å². The molecule has 2 heteroatoms. The number of rotatable bonds is 2. The van der Waals surface area contributed by atoms with Crippen molar-refractivity contribution in [3.8, 4) is 22.6 Å². The minimum absolute atomic E-state index is 0.904. The van der Waals surface area contributed by atoms with E-state index in [1.807, 2.05) is 6.20 Å². The van der Waals surface area contributed by atoms with Gasteiger partial charge in [-0.3, -0.25) is 0 Å². The van der Waals surface area contributed by atoms with E-state index in [0.717, 1.165) is 22.6 Å². The van der Waals surface area contributed by atoms with Crippen LogP contribution in [-0.4, -0.2) is 9.97 Å². The van der Waals surface area contributed by atoms with Gasteiger partial charge in [0.1, 0.15) is 5.82 Å². The van der Waals surface area contributed by atoms with E-state index in [4.69, 9.17) is 0 Å². The van der Waals surface area contributed by atoms with Gasteiger partial charge in [0.15, 0.2) is 0 Å². The molecule has 0 aliphatic heterocycles. The summed E-state index contributed by atoms with van der Waals surface area (Å²) in [6.07, 6.45) is 1.92. The van der Waals surface area contributed by atoms with Gasteiger partial charge in [0.2, 0.25) is 0 Å². The first kappa shape index (κ1) is 14.9. The van der Waals surface area contributed by atoms with Gasteiger partial charge in [-0.05, 0) is 34.0 Å². The summed E-state index contributed by atoms with van der Waals surface area (Å²) < 4.78 is 0. The fourth-order valence-electron chi connectivity index (χ4n) is 3.58. The molecular formula is C24H18N2. The highest BCUT2D eigenvalue weighted by atomic mass is 14.9. The van der Waals surface area contributed by atoms with Crippen LogP contribution in [0, 0.1) is 6.92 Å². The van der Waals surface area contributed by atoms with E-state index in [1.165, 1.54) is 27.1 Å². The third-order valence-electron chi connectivity index (χ3n) is 4.98. The zero-order valence-electron chi connectivity index (χ0n) is 14.5. The largest absolute Gasteiger partial charge is 0.338 e. The summed E-state index contributed by atoms with van der Waals surface area (Å²) in [4.78, 5) is 8.15. The van der Waals surface area contributed by atoms with Crippen molar-refractivity contribution in [1.82, 2.24) is 9.97 Å². The fourth-order valence-corrected chi connectivity index (χ4v) is 3.58. The number of imidazole rings is 1. The monoisotopic (exact) mass is 334 g/mol. The molecule has 0 spiro atoms. The van der Waals surface area contributed by atoms with E-state index in [1.54, 1.807) is 0 Å². The van der Waals surface area contributed by atoms with Gasteiger partial charge in [0.05, 0.1) is 11.9 Å². The molecule has 26 heavy (non-hydrogen) atoms. The molecule has 0 fully saturated rings. The highest BCUT2D eigenvalue weighted by molar-refractivity contribution is 6.11. The molecule has 0 amide bonds. The van der Waals surface area contributed by atoms with Crippen LogP contribution >= 0.6 is 0 Å². The Morgan fingerprint density at radius 3 is 2.38 bits per heavy atom.